The molecule has 0 bridgehead atoms. The molecule has 0 aliphatic carbocycles. The minimum Gasteiger partial charge on any atom is -0.399 e. The van der Waals surface area contributed by atoms with Crippen molar-refractivity contribution < 1.29 is 4.79 Å². The molecule has 116 valence electrons. The summed E-state index contributed by atoms with van der Waals surface area (Å²) in [6.07, 6.45) is 5.30. The lowest BCUT2D eigenvalue weighted by Gasteiger charge is -2.08. The lowest BCUT2D eigenvalue weighted by atomic mass is 10.2. The van der Waals surface area contributed by atoms with Crippen molar-refractivity contribution in [1.29, 1.82) is 0 Å². The Morgan fingerprint density at radius 1 is 1.27 bits per heavy atom. The molecule has 0 unspecified atom stereocenters. The average Bonchev–Trinajstić information content (AvgIpc) is 2.75. The zero-order valence-electron chi connectivity index (χ0n) is 12.6. The molecular weight excluding hydrogens is 278 g/mol. The van der Waals surface area contributed by atoms with Crippen LogP contribution in [0.25, 0.3) is 0 Å². The molecule has 0 spiro atoms. The van der Waals surface area contributed by atoms with Crippen LogP contribution in [0.5, 0.6) is 0 Å². The highest BCUT2D eigenvalue weighted by Crippen LogP contribution is 2.14. The largest absolute Gasteiger partial charge is 0.399 e. The van der Waals surface area contributed by atoms with E-state index in [9.17, 15) is 4.79 Å². The summed E-state index contributed by atoms with van der Waals surface area (Å²) in [6.45, 7) is 1.53. The van der Waals surface area contributed by atoms with Crippen LogP contribution in [0.1, 0.15) is 41.3 Å². The molecule has 0 saturated carbocycles. The van der Waals surface area contributed by atoms with Gasteiger partial charge in [-0.25, -0.2) is 0 Å². The van der Waals surface area contributed by atoms with E-state index in [4.69, 9.17) is 5.73 Å². The third-order valence-electron chi connectivity index (χ3n) is 3.97. The number of fused-ring (bicyclic) bond motifs is 1. The minimum absolute atomic E-state index is 0.108. The van der Waals surface area contributed by atoms with Gasteiger partial charge in [0.25, 0.3) is 5.91 Å². The van der Waals surface area contributed by atoms with Gasteiger partial charge in [0.15, 0.2) is 0 Å². The zero-order chi connectivity index (χ0) is 15.4. The Hall–Kier alpha value is -2.37. The third kappa shape index (κ3) is 3.27. The molecule has 22 heavy (non-hydrogen) atoms. The maximum atomic E-state index is 12.1. The Labute approximate surface area is 129 Å². The predicted octanol–water partition coefficient (Wildman–Crippen LogP) is 1.56. The van der Waals surface area contributed by atoms with Crippen LogP contribution < -0.4 is 11.1 Å². The van der Waals surface area contributed by atoms with E-state index in [0.29, 0.717) is 24.2 Å². The van der Waals surface area contributed by atoms with E-state index in [2.05, 4.69) is 20.1 Å². The van der Waals surface area contributed by atoms with Gasteiger partial charge in [-0.2, -0.15) is 0 Å². The second kappa shape index (κ2) is 6.60. The Balaban J connectivity index is 1.57. The third-order valence-corrected chi connectivity index (χ3v) is 3.97. The normalized spacial score (nSPS) is 14.2. The van der Waals surface area contributed by atoms with E-state index in [-0.39, 0.29) is 5.91 Å². The first-order valence-corrected chi connectivity index (χ1v) is 7.79. The van der Waals surface area contributed by atoms with Gasteiger partial charge in [-0.05, 0) is 31.0 Å². The zero-order valence-corrected chi connectivity index (χ0v) is 12.6. The first-order valence-electron chi connectivity index (χ1n) is 7.79. The minimum atomic E-state index is -0.108. The van der Waals surface area contributed by atoms with E-state index in [1.165, 1.54) is 19.3 Å². The van der Waals surface area contributed by atoms with Gasteiger partial charge in [0.1, 0.15) is 11.6 Å². The molecule has 3 rings (SSSR count). The molecule has 6 heteroatoms. The molecule has 2 aromatic rings. The number of nitrogen functional groups attached to an aromatic ring is 1. The van der Waals surface area contributed by atoms with Crippen molar-refractivity contribution in [2.24, 2.45) is 0 Å². The summed E-state index contributed by atoms with van der Waals surface area (Å²) in [5.74, 6) is 1.93. The fourth-order valence-electron chi connectivity index (χ4n) is 2.80. The van der Waals surface area contributed by atoms with E-state index < -0.39 is 0 Å². The summed E-state index contributed by atoms with van der Waals surface area (Å²) < 4.78 is 2.21. The van der Waals surface area contributed by atoms with Gasteiger partial charge in [0.05, 0.1) is 0 Å². The Morgan fingerprint density at radius 3 is 3.05 bits per heavy atom. The smallest absolute Gasteiger partial charge is 0.251 e. The number of hydrogen-bond acceptors (Lipinski definition) is 4. The monoisotopic (exact) mass is 299 g/mol. The van der Waals surface area contributed by atoms with Gasteiger partial charge in [0.2, 0.25) is 0 Å². The van der Waals surface area contributed by atoms with Crippen molar-refractivity contribution in [3.63, 3.8) is 0 Å². The van der Waals surface area contributed by atoms with Crippen LogP contribution in [0.15, 0.2) is 24.3 Å². The van der Waals surface area contributed by atoms with Gasteiger partial charge < -0.3 is 15.6 Å². The molecule has 0 atom stereocenters. The molecule has 0 fully saturated rings. The van der Waals surface area contributed by atoms with Crippen LogP contribution in [0, 0.1) is 0 Å². The molecule has 1 aliphatic heterocycles. The maximum Gasteiger partial charge on any atom is 0.251 e. The SMILES string of the molecule is Nc1cccc(C(=O)NCCc2nnc3n2CCCCC3)c1. The number of amides is 1. The van der Waals surface area contributed by atoms with Crippen molar-refractivity contribution in [3.8, 4) is 0 Å². The Bertz CT molecular complexity index is 664. The lowest BCUT2D eigenvalue weighted by molar-refractivity contribution is 0.0954. The fourth-order valence-corrected chi connectivity index (χ4v) is 2.80. The number of nitrogens with two attached hydrogens (primary N) is 1. The second-order valence-corrected chi connectivity index (χ2v) is 5.63. The number of anilines is 1. The van der Waals surface area contributed by atoms with Crippen molar-refractivity contribution >= 4 is 11.6 Å². The van der Waals surface area contributed by atoms with E-state index >= 15 is 0 Å². The quantitative estimate of drug-likeness (QED) is 0.839. The summed E-state index contributed by atoms with van der Waals surface area (Å²) in [4.78, 5) is 12.1. The van der Waals surface area contributed by atoms with Crippen LogP contribution >= 0.6 is 0 Å². The number of benzene rings is 1. The molecule has 0 radical (unpaired) electrons. The van der Waals surface area contributed by atoms with Gasteiger partial charge in [0, 0.05) is 37.2 Å². The van der Waals surface area contributed by atoms with Crippen molar-refractivity contribution in [1.82, 2.24) is 20.1 Å². The summed E-state index contributed by atoms with van der Waals surface area (Å²) in [6, 6.07) is 6.98. The summed E-state index contributed by atoms with van der Waals surface area (Å²) in [5, 5.41) is 11.4. The highest BCUT2D eigenvalue weighted by molar-refractivity contribution is 5.94. The molecule has 1 aromatic heterocycles. The molecular formula is C16H21N5O. The second-order valence-electron chi connectivity index (χ2n) is 5.63. The van der Waals surface area contributed by atoms with Crippen LogP contribution in [0.3, 0.4) is 0 Å². The topological polar surface area (TPSA) is 85.8 Å². The van der Waals surface area contributed by atoms with Crippen molar-refractivity contribution in [2.45, 2.75) is 38.6 Å². The van der Waals surface area contributed by atoms with Crippen LogP contribution in [-0.4, -0.2) is 27.2 Å². The highest BCUT2D eigenvalue weighted by Gasteiger charge is 2.14. The van der Waals surface area contributed by atoms with E-state index in [1.807, 2.05) is 0 Å². The highest BCUT2D eigenvalue weighted by atomic mass is 16.1. The van der Waals surface area contributed by atoms with Crippen LogP contribution in [0.4, 0.5) is 5.69 Å². The van der Waals surface area contributed by atoms with Gasteiger partial charge in [-0.3, -0.25) is 4.79 Å². The van der Waals surface area contributed by atoms with Crippen LogP contribution in [-0.2, 0) is 19.4 Å². The molecule has 2 heterocycles. The first-order chi connectivity index (χ1) is 10.7. The lowest BCUT2D eigenvalue weighted by Crippen LogP contribution is -2.26. The van der Waals surface area contributed by atoms with Crippen LogP contribution in [0.2, 0.25) is 0 Å². The summed E-state index contributed by atoms with van der Waals surface area (Å²) >= 11 is 0. The molecule has 1 amide bonds. The van der Waals surface area contributed by atoms with Gasteiger partial charge in [-0.15, -0.1) is 10.2 Å². The van der Waals surface area contributed by atoms with Gasteiger partial charge >= 0.3 is 0 Å². The number of aromatic nitrogens is 3. The Kier molecular flexibility index (Phi) is 4.37. The number of rotatable bonds is 4. The number of carbonyl (C=O) groups is 1. The maximum absolute atomic E-state index is 12.1. The molecule has 1 aromatic carbocycles. The average molecular weight is 299 g/mol. The van der Waals surface area contributed by atoms with Crippen molar-refractivity contribution in [3.05, 3.63) is 41.5 Å². The summed E-state index contributed by atoms with van der Waals surface area (Å²) in [5.41, 5.74) is 6.87. The fraction of sp³-hybridized carbons (Fsp3) is 0.438. The number of aryl methyl sites for hydroxylation is 1. The first kappa shape index (κ1) is 14.6. The standard InChI is InChI=1S/C16H21N5O/c17-13-6-4-5-12(11-13)16(22)18-9-8-15-20-19-14-7-2-1-3-10-21(14)15/h4-6,11H,1-3,7-10,17H2,(H,18,22). The Morgan fingerprint density at radius 2 is 2.18 bits per heavy atom. The number of carbonyl (C=O) groups excluding carboxylic acids is 1. The summed E-state index contributed by atoms with van der Waals surface area (Å²) in [7, 11) is 0. The number of nitrogens with zero attached hydrogens (tertiary/aromatic N) is 3. The van der Waals surface area contributed by atoms with E-state index in [0.717, 1.165) is 24.6 Å². The molecule has 6 nitrogen and oxygen atoms in total. The molecule has 1 aliphatic rings. The van der Waals surface area contributed by atoms with Gasteiger partial charge in [-0.1, -0.05) is 12.5 Å². The van der Waals surface area contributed by atoms with E-state index in [1.54, 1.807) is 24.3 Å². The molecule has 0 saturated heterocycles. The van der Waals surface area contributed by atoms with Crippen molar-refractivity contribution in [2.75, 3.05) is 12.3 Å². The molecule has 3 N–H and O–H groups in total. The predicted molar refractivity (Wildman–Crippen MR) is 84.5 cm³/mol. The number of nitrogens with one attached hydrogen (secondary N) is 1. The number of hydrogen-bond donors (Lipinski definition) is 2.